The average Bonchev–Trinajstić information content (AvgIpc) is 2.78. The summed E-state index contributed by atoms with van der Waals surface area (Å²) in [4.78, 5) is 16.0. The van der Waals surface area contributed by atoms with E-state index in [1.807, 2.05) is 0 Å². The lowest BCUT2D eigenvalue weighted by Gasteiger charge is -2.36. The van der Waals surface area contributed by atoms with Crippen LogP contribution in [0.5, 0.6) is 0 Å². The molecule has 0 saturated heterocycles. The van der Waals surface area contributed by atoms with Crippen molar-refractivity contribution in [3.8, 4) is 0 Å². The summed E-state index contributed by atoms with van der Waals surface area (Å²) in [6, 6.07) is 7.93. The van der Waals surface area contributed by atoms with Gasteiger partial charge in [-0.3, -0.25) is 9.52 Å². The molecule has 0 unspecified atom stereocenters. The van der Waals surface area contributed by atoms with E-state index < -0.39 is 15.4 Å². The Morgan fingerprint density at radius 1 is 1.21 bits per heavy atom. The van der Waals surface area contributed by atoms with Gasteiger partial charge in [-0.05, 0) is 48.7 Å². The van der Waals surface area contributed by atoms with Crippen molar-refractivity contribution in [1.82, 2.24) is 4.98 Å². The van der Waals surface area contributed by atoms with Crippen molar-refractivity contribution in [3.05, 3.63) is 47.2 Å². The molecule has 1 saturated carbocycles. The van der Waals surface area contributed by atoms with Crippen LogP contribution in [0.4, 0.5) is 11.4 Å². The second kappa shape index (κ2) is 5.19. The van der Waals surface area contributed by atoms with Crippen LogP contribution in [-0.2, 0) is 20.2 Å². The second-order valence-electron chi connectivity index (χ2n) is 6.07. The number of rotatable bonds is 3. The molecule has 1 fully saturated rings. The van der Waals surface area contributed by atoms with E-state index in [4.69, 9.17) is 11.6 Å². The normalized spacial score (nSPS) is 18.0. The number of sulfonamides is 1. The van der Waals surface area contributed by atoms with E-state index >= 15 is 0 Å². The molecule has 0 radical (unpaired) electrons. The SMILES string of the molecule is O=C1Nc2ccc(NS(=O)(=O)c3ccc(Cl)nc3)cc2C12CCC2. The van der Waals surface area contributed by atoms with Crippen LogP contribution in [0.1, 0.15) is 24.8 Å². The highest BCUT2D eigenvalue weighted by Crippen LogP contribution is 2.51. The summed E-state index contributed by atoms with van der Waals surface area (Å²) in [5.41, 5.74) is 1.56. The highest BCUT2D eigenvalue weighted by Gasteiger charge is 2.51. The lowest BCUT2D eigenvalue weighted by molar-refractivity contribution is -0.123. The number of nitrogens with zero attached hydrogens (tertiary/aromatic N) is 1. The Hall–Kier alpha value is -2.12. The number of carbonyl (C=O) groups excluding carboxylic acids is 1. The van der Waals surface area contributed by atoms with Crippen LogP contribution in [0.25, 0.3) is 0 Å². The van der Waals surface area contributed by atoms with Gasteiger partial charge in [-0.2, -0.15) is 0 Å². The van der Waals surface area contributed by atoms with Gasteiger partial charge in [-0.15, -0.1) is 0 Å². The molecule has 1 aliphatic heterocycles. The van der Waals surface area contributed by atoms with E-state index in [1.54, 1.807) is 18.2 Å². The number of benzene rings is 1. The topological polar surface area (TPSA) is 88.2 Å². The number of amides is 1. The number of carbonyl (C=O) groups is 1. The highest BCUT2D eigenvalue weighted by molar-refractivity contribution is 7.92. The van der Waals surface area contributed by atoms with E-state index in [9.17, 15) is 13.2 Å². The molecule has 0 bridgehead atoms. The summed E-state index contributed by atoms with van der Waals surface area (Å²) >= 11 is 5.69. The fourth-order valence-electron chi connectivity index (χ4n) is 3.24. The fourth-order valence-corrected chi connectivity index (χ4v) is 4.34. The van der Waals surface area contributed by atoms with Gasteiger partial charge in [0.2, 0.25) is 5.91 Å². The maximum atomic E-state index is 12.4. The van der Waals surface area contributed by atoms with E-state index in [0.29, 0.717) is 5.69 Å². The zero-order valence-corrected chi connectivity index (χ0v) is 14.1. The lowest BCUT2D eigenvalue weighted by atomic mass is 9.65. The molecule has 1 amide bonds. The predicted molar refractivity (Wildman–Crippen MR) is 90.7 cm³/mol. The zero-order chi connectivity index (χ0) is 16.9. The maximum Gasteiger partial charge on any atom is 0.263 e. The van der Waals surface area contributed by atoms with Gasteiger partial charge in [-0.25, -0.2) is 13.4 Å². The van der Waals surface area contributed by atoms with Crippen LogP contribution >= 0.6 is 11.6 Å². The first-order valence-electron chi connectivity index (χ1n) is 7.51. The molecular formula is C16H14ClN3O3S. The number of fused-ring (bicyclic) bond motifs is 2. The van der Waals surface area contributed by atoms with Gasteiger partial charge in [0.15, 0.2) is 0 Å². The van der Waals surface area contributed by atoms with Gasteiger partial charge in [0.1, 0.15) is 10.0 Å². The Labute approximate surface area is 144 Å². The Bertz CT molecular complexity index is 938. The van der Waals surface area contributed by atoms with Crippen LogP contribution in [0.2, 0.25) is 5.15 Å². The number of aromatic nitrogens is 1. The number of pyridine rings is 1. The van der Waals surface area contributed by atoms with Gasteiger partial charge >= 0.3 is 0 Å². The number of hydrogen-bond donors (Lipinski definition) is 2. The molecular weight excluding hydrogens is 350 g/mol. The second-order valence-corrected chi connectivity index (χ2v) is 8.14. The molecule has 4 rings (SSSR count). The van der Waals surface area contributed by atoms with Crippen molar-refractivity contribution in [2.45, 2.75) is 29.6 Å². The standard InChI is InChI=1S/C16H14ClN3O3S/c17-14-5-3-11(9-18-14)24(22,23)20-10-2-4-13-12(8-10)16(6-1-7-16)15(21)19-13/h2-5,8-9,20H,1,6-7H2,(H,19,21). The van der Waals surface area contributed by atoms with Crippen molar-refractivity contribution >= 4 is 38.9 Å². The summed E-state index contributed by atoms with van der Waals surface area (Å²) in [7, 11) is -3.76. The van der Waals surface area contributed by atoms with Gasteiger partial charge in [0, 0.05) is 17.6 Å². The van der Waals surface area contributed by atoms with Gasteiger partial charge in [-0.1, -0.05) is 18.0 Å². The smallest absolute Gasteiger partial charge is 0.263 e. The minimum Gasteiger partial charge on any atom is -0.325 e. The van der Waals surface area contributed by atoms with Crippen LogP contribution in [0.3, 0.4) is 0 Å². The van der Waals surface area contributed by atoms with Gasteiger partial charge < -0.3 is 5.32 Å². The predicted octanol–water partition coefficient (Wildman–Crippen LogP) is 2.91. The van der Waals surface area contributed by atoms with Crippen molar-refractivity contribution in [2.24, 2.45) is 0 Å². The minimum atomic E-state index is -3.76. The third kappa shape index (κ3) is 2.27. The van der Waals surface area contributed by atoms with E-state index in [0.717, 1.165) is 30.5 Å². The van der Waals surface area contributed by atoms with Gasteiger partial charge in [0.25, 0.3) is 10.0 Å². The molecule has 1 spiro atoms. The van der Waals surface area contributed by atoms with Crippen molar-refractivity contribution in [1.29, 1.82) is 0 Å². The summed E-state index contributed by atoms with van der Waals surface area (Å²) in [5, 5.41) is 3.10. The Balaban J connectivity index is 1.67. The molecule has 6 nitrogen and oxygen atoms in total. The quantitative estimate of drug-likeness (QED) is 0.821. The van der Waals surface area contributed by atoms with E-state index in [2.05, 4.69) is 15.0 Å². The molecule has 24 heavy (non-hydrogen) atoms. The third-order valence-corrected chi connectivity index (χ3v) is 6.28. The third-order valence-electron chi connectivity index (χ3n) is 4.69. The summed E-state index contributed by atoms with van der Waals surface area (Å²) < 4.78 is 27.4. The number of halogens is 1. The molecule has 8 heteroatoms. The molecule has 1 aliphatic carbocycles. The molecule has 1 aromatic heterocycles. The van der Waals surface area contributed by atoms with Crippen LogP contribution in [0.15, 0.2) is 41.4 Å². The average molecular weight is 364 g/mol. The van der Waals surface area contributed by atoms with Crippen molar-refractivity contribution < 1.29 is 13.2 Å². The molecule has 1 aromatic carbocycles. The summed E-state index contributed by atoms with van der Waals surface area (Å²) in [6.45, 7) is 0. The first-order valence-corrected chi connectivity index (χ1v) is 9.37. The highest BCUT2D eigenvalue weighted by atomic mass is 35.5. The van der Waals surface area contributed by atoms with Gasteiger partial charge in [0.05, 0.1) is 5.41 Å². The van der Waals surface area contributed by atoms with Crippen LogP contribution in [-0.4, -0.2) is 19.3 Å². The first kappa shape index (κ1) is 15.4. The molecule has 2 heterocycles. The first-order chi connectivity index (χ1) is 11.4. The van der Waals surface area contributed by atoms with Crippen molar-refractivity contribution in [3.63, 3.8) is 0 Å². The Morgan fingerprint density at radius 2 is 2.00 bits per heavy atom. The van der Waals surface area contributed by atoms with E-state index in [1.165, 1.54) is 18.3 Å². The molecule has 2 aromatic rings. The van der Waals surface area contributed by atoms with Crippen molar-refractivity contribution in [2.75, 3.05) is 10.0 Å². The molecule has 2 aliphatic rings. The Morgan fingerprint density at radius 3 is 2.62 bits per heavy atom. The van der Waals surface area contributed by atoms with E-state index in [-0.39, 0.29) is 16.0 Å². The largest absolute Gasteiger partial charge is 0.325 e. The fraction of sp³-hybridized carbons (Fsp3) is 0.250. The Kier molecular flexibility index (Phi) is 3.33. The number of hydrogen-bond acceptors (Lipinski definition) is 4. The van der Waals surface area contributed by atoms with Crippen LogP contribution < -0.4 is 10.0 Å². The zero-order valence-electron chi connectivity index (χ0n) is 12.5. The summed E-state index contributed by atoms with van der Waals surface area (Å²) in [5.74, 6) is 0.00524. The maximum absolute atomic E-state index is 12.4. The summed E-state index contributed by atoms with van der Waals surface area (Å²) in [6.07, 6.45) is 3.79. The minimum absolute atomic E-state index is 0.00524. The lowest BCUT2D eigenvalue weighted by Crippen LogP contribution is -2.40. The van der Waals surface area contributed by atoms with Crippen LogP contribution in [0, 0.1) is 0 Å². The number of nitrogens with one attached hydrogen (secondary N) is 2. The molecule has 0 atom stereocenters. The number of anilines is 2. The monoisotopic (exact) mass is 363 g/mol. The molecule has 124 valence electrons. The molecule has 2 N–H and O–H groups in total.